The minimum absolute atomic E-state index is 0.559. The fourth-order valence-electron chi connectivity index (χ4n) is 4.04. The molecular weight excluding hydrogens is 286 g/mol. The molecule has 1 aromatic heterocycles. The Morgan fingerprint density at radius 1 is 1.29 bits per heavy atom. The first kappa shape index (κ1) is 13.1. The van der Waals surface area contributed by atoms with E-state index in [1.54, 1.807) is 6.07 Å². The Hall–Kier alpha value is -1.62. The molecule has 0 aliphatic heterocycles. The second kappa shape index (κ2) is 4.98. The molecule has 0 spiro atoms. The molecule has 4 rings (SSSR count). The zero-order valence-electron chi connectivity index (χ0n) is 11.7. The third kappa shape index (κ3) is 2.29. The third-order valence-electron chi connectivity index (χ3n) is 5.08. The van der Waals surface area contributed by atoms with Gasteiger partial charge in [-0.15, -0.1) is 5.10 Å². The van der Waals surface area contributed by atoms with Gasteiger partial charge in [-0.2, -0.15) is 0 Å². The summed E-state index contributed by atoms with van der Waals surface area (Å²) in [6, 6.07) is 5.55. The molecule has 2 aliphatic rings. The normalized spacial score (nSPS) is 27.4. The lowest BCUT2D eigenvalue weighted by Gasteiger charge is -2.21. The summed E-state index contributed by atoms with van der Waals surface area (Å²) in [5.41, 5.74) is 7.36. The van der Waals surface area contributed by atoms with Crippen molar-refractivity contribution in [3.63, 3.8) is 0 Å². The van der Waals surface area contributed by atoms with Crippen molar-refractivity contribution in [1.82, 2.24) is 20.2 Å². The Labute approximate surface area is 128 Å². The van der Waals surface area contributed by atoms with E-state index in [9.17, 15) is 0 Å². The van der Waals surface area contributed by atoms with Gasteiger partial charge in [0.15, 0.2) is 5.82 Å². The number of nitrogens with two attached hydrogens (primary N) is 1. The van der Waals surface area contributed by atoms with Gasteiger partial charge in [-0.25, -0.2) is 4.68 Å². The largest absolute Gasteiger partial charge is 0.398 e. The van der Waals surface area contributed by atoms with E-state index in [1.807, 2.05) is 16.8 Å². The van der Waals surface area contributed by atoms with Gasteiger partial charge in [0.2, 0.25) is 0 Å². The Kier molecular flexibility index (Phi) is 3.10. The van der Waals surface area contributed by atoms with Crippen LogP contribution >= 0.6 is 11.6 Å². The number of hydrogen-bond acceptors (Lipinski definition) is 4. The van der Waals surface area contributed by atoms with Crippen LogP contribution in [0.1, 0.15) is 25.7 Å². The quantitative estimate of drug-likeness (QED) is 0.885. The van der Waals surface area contributed by atoms with Gasteiger partial charge in [0.25, 0.3) is 0 Å². The minimum atomic E-state index is 0.559. The summed E-state index contributed by atoms with van der Waals surface area (Å²) >= 11 is 5.98. The molecule has 3 atom stereocenters. The Morgan fingerprint density at radius 2 is 2.19 bits per heavy atom. The fourth-order valence-corrected chi connectivity index (χ4v) is 4.16. The van der Waals surface area contributed by atoms with E-state index >= 15 is 0 Å². The van der Waals surface area contributed by atoms with Gasteiger partial charge in [-0.05, 0) is 65.6 Å². The average molecular weight is 304 g/mol. The lowest BCUT2D eigenvalue weighted by atomic mass is 9.89. The maximum absolute atomic E-state index is 5.98. The highest BCUT2D eigenvalue weighted by Crippen LogP contribution is 2.48. The number of benzene rings is 1. The molecule has 6 heteroatoms. The lowest BCUT2D eigenvalue weighted by Crippen LogP contribution is -2.18. The van der Waals surface area contributed by atoms with Gasteiger partial charge < -0.3 is 5.73 Å². The number of fused-ring (bicyclic) bond motifs is 2. The van der Waals surface area contributed by atoms with Gasteiger partial charge in [0.1, 0.15) is 0 Å². The first-order valence-corrected chi connectivity index (χ1v) is 7.90. The third-order valence-corrected chi connectivity index (χ3v) is 5.42. The molecule has 5 nitrogen and oxygen atoms in total. The van der Waals surface area contributed by atoms with E-state index in [0.29, 0.717) is 10.7 Å². The molecule has 1 heterocycles. The Balaban J connectivity index is 1.60. The van der Waals surface area contributed by atoms with E-state index in [-0.39, 0.29) is 0 Å². The number of rotatable bonds is 3. The number of anilines is 1. The predicted molar refractivity (Wildman–Crippen MR) is 81.6 cm³/mol. The van der Waals surface area contributed by atoms with Crippen molar-refractivity contribution in [3.8, 4) is 11.4 Å². The van der Waals surface area contributed by atoms with Crippen LogP contribution in [0.25, 0.3) is 11.4 Å². The highest BCUT2D eigenvalue weighted by molar-refractivity contribution is 6.33. The number of tetrazole rings is 1. The molecule has 2 bridgehead atoms. The van der Waals surface area contributed by atoms with Crippen LogP contribution in [0.4, 0.5) is 5.69 Å². The monoisotopic (exact) mass is 303 g/mol. The average Bonchev–Trinajstić information content (AvgIpc) is 3.18. The van der Waals surface area contributed by atoms with Gasteiger partial charge >= 0.3 is 0 Å². The maximum Gasteiger partial charge on any atom is 0.182 e. The highest BCUT2D eigenvalue weighted by Gasteiger charge is 2.39. The van der Waals surface area contributed by atoms with Gasteiger partial charge in [-0.3, -0.25) is 0 Å². The van der Waals surface area contributed by atoms with Crippen molar-refractivity contribution in [2.75, 3.05) is 5.73 Å². The predicted octanol–water partition coefficient (Wildman–Crippen LogP) is 3.01. The molecule has 2 aliphatic carbocycles. The summed E-state index contributed by atoms with van der Waals surface area (Å²) in [5, 5.41) is 12.7. The molecule has 2 saturated carbocycles. The summed E-state index contributed by atoms with van der Waals surface area (Å²) in [6.45, 7) is 0.909. The zero-order valence-corrected chi connectivity index (χ0v) is 12.5. The standard InChI is InChI=1S/C15H18ClN5/c16-13-4-3-11(7-14(13)17)15-18-19-20-21(15)8-12-6-9-1-2-10(12)5-9/h3-4,7,9-10,12H,1-2,5-6,8,17H2. The number of halogens is 1. The van der Waals surface area contributed by atoms with Crippen LogP contribution in [0.5, 0.6) is 0 Å². The molecule has 3 unspecified atom stereocenters. The number of aromatic nitrogens is 4. The van der Waals surface area contributed by atoms with E-state index in [4.69, 9.17) is 17.3 Å². The van der Waals surface area contributed by atoms with Crippen LogP contribution in [0.3, 0.4) is 0 Å². The van der Waals surface area contributed by atoms with Crippen molar-refractivity contribution in [2.45, 2.75) is 32.2 Å². The highest BCUT2D eigenvalue weighted by atomic mass is 35.5. The maximum atomic E-state index is 5.98. The lowest BCUT2D eigenvalue weighted by molar-refractivity contribution is 0.284. The molecule has 21 heavy (non-hydrogen) atoms. The van der Waals surface area contributed by atoms with Crippen LogP contribution in [0, 0.1) is 17.8 Å². The number of nitrogens with zero attached hydrogens (tertiary/aromatic N) is 4. The van der Waals surface area contributed by atoms with E-state index < -0.39 is 0 Å². The second-order valence-corrected chi connectivity index (χ2v) is 6.76. The molecule has 0 amide bonds. The molecule has 2 N–H and O–H groups in total. The van der Waals surface area contributed by atoms with Crippen LogP contribution in [0.15, 0.2) is 18.2 Å². The molecule has 1 aromatic carbocycles. The van der Waals surface area contributed by atoms with Crippen molar-refractivity contribution < 1.29 is 0 Å². The zero-order chi connectivity index (χ0) is 14.4. The molecular formula is C15H18ClN5. The van der Waals surface area contributed by atoms with Crippen LogP contribution in [-0.4, -0.2) is 20.2 Å². The van der Waals surface area contributed by atoms with Gasteiger partial charge in [0.05, 0.1) is 10.7 Å². The molecule has 2 aromatic rings. The van der Waals surface area contributed by atoms with Gasteiger partial charge in [-0.1, -0.05) is 18.0 Å². The summed E-state index contributed by atoms with van der Waals surface area (Å²) in [4.78, 5) is 0. The van der Waals surface area contributed by atoms with E-state index in [0.717, 1.165) is 35.7 Å². The summed E-state index contributed by atoms with van der Waals surface area (Å²) in [7, 11) is 0. The Bertz CT molecular complexity index is 668. The van der Waals surface area contributed by atoms with Crippen LogP contribution in [0.2, 0.25) is 5.02 Å². The van der Waals surface area contributed by atoms with Gasteiger partial charge in [0, 0.05) is 12.1 Å². The van der Waals surface area contributed by atoms with Crippen LogP contribution < -0.4 is 5.73 Å². The molecule has 0 radical (unpaired) electrons. The number of nitrogen functional groups attached to an aromatic ring is 1. The summed E-state index contributed by atoms with van der Waals surface area (Å²) in [5.74, 6) is 3.30. The van der Waals surface area contributed by atoms with Crippen molar-refractivity contribution in [1.29, 1.82) is 0 Å². The van der Waals surface area contributed by atoms with E-state index in [1.165, 1.54) is 25.7 Å². The van der Waals surface area contributed by atoms with E-state index in [2.05, 4.69) is 15.5 Å². The van der Waals surface area contributed by atoms with Crippen molar-refractivity contribution >= 4 is 17.3 Å². The molecule has 0 saturated heterocycles. The fraction of sp³-hybridized carbons (Fsp3) is 0.533. The first-order valence-electron chi connectivity index (χ1n) is 7.52. The molecule has 2 fully saturated rings. The SMILES string of the molecule is Nc1cc(-c2nnnn2CC2CC3CCC2C3)ccc1Cl. The topological polar surface area (TPSA) is 69.6 Å². The summed E-state index contributed by atoms with van der Waals surface area (Å²) in [6.07, 6.45) is 5.51. The Morgan fingerprint density at radius 3 is 2.90 bits per heavy atom. The first-order chi connectivity index (χ1) is 10.2. The van der Waals surface area contributed by atoms with Crippen molar-refractivity contribution in [3.05, 3.63) is 23.2 Å². The smallest absolute Gasteiger partial charge is 0.182 e. The van der Waals surface area contributed by atoms with Crippen LogP contribution in [-0.2, 0) is 6.54 Å². The minimum Gasteiger partial charge on any atom is -0.398 e. The molecule has 110 valence electrons. The number of hydrogen-bond donors (Lipinski definition) is 1. The summed E-state index contributed by atoms with van der Waals surface area (Å²) < 4.78 is 1.92. The van der Waals surface area contributed by atoms with Crippen molar-refractivity contribution in [2.24, 2.45) is 17.8 Å². The second-order valence-electron chi connectivity index (χ2n) is 6.36.